The number of fused-ring (bicyclic) bond motifs is 2. The molecule has 3 aliphatic carbocycles. The van der Waals surface area contributed by atoms with Crippen LogP contribution in [-0.2, 0) is 28.5 Å². The Morgan fingerprint density at radius 1 is 0.803 bits per heavy atom. The second-order valence-corrected chi connectivity index (χ2v) is 19.8. The first kappa shape index (κ1) is 49.7. The average molecular weight is 847 g/mol. The molecule has 0 spiro atoms. The molecule has 7 heteroatoms. The van der Waals surface area contributed by atoms with E-state index in [-0.39, 0.29) is 36.6 Å². The number of ether oxygens (including phenoxy) is 4. The Balaban J connectivity index is 1.13. The Hall–Kier alpha value is -2.32. The van der Waals surface area contributed by atoms with Crippen molar-refractivity contribution in [3.8, 4) is 0 Å². The number of carbonyl (C=O) groups is 2. The monoisotopic (exact) mass is 847 g/mol. The SMILES string of the molecule is C=C(C)[C@]12C[C@@H](C)[C@@]34O[C@](/C=C/C=C/CCCCCCCCC)(O[C@@H]1[C@@H]3C=C(COC(=O)CCCCCCCCCCCCCCCCCCC)C[C@]1(O)C(=O)C(C)=C[C@@H]41)O2. The van der Waals surface area contributed by atoms with Crippen LogP contribution in [0.1, 0.15) is 214 Å². The molecule has 3 fully saturated rings. The number of allylic oxidation sites excluding steroid dienone is 3. The molecule has 3 bridgehead atoms. The van der Waals surface area contributed by atoms with Crippen LogP contribution in [0.3, 0.4) is 0 Å². The van der Waals surface area contributed by atoms with Gasteiger partial charge in [-0.25, -0.2) is 0 Å². The minimum atomic E-state index is -1.74. The molecule has 0 radical (unpaired) electrons. The summed E-state index contributed by atoms with van der Waals surface area (Å²) in [6.07, 6.45) is 44.5. The van der Waals surface area contributed by atoms with Gasteiger partial charge in [0.25, 0.3) is 0 Å². The van der Waals surface area contributed by atoms with E-state index in [0.717, 1.165) is 37.7 Å². The van der Waals surface area contributed by atoms with Crippen LogP contribution < -0.4 is 0 Å². The van der Waals surface area contributed by atoms with Crippen molar-refractivity contribution in [1.82, 2.24) is 0 Å². The molecule has 0 unspecified atom stereocenters. The van der Waals surface area contributed by atoms with Crippen molar-refractivity contribution in [2.24, 2.45) is 17.8 Å². The number of aliphatic hydroxyl groups is 1. The molecule has 2 aliphatic heterocycles. The van der Waals surface area contributed by atoms with Gasteiger partial charge in [0.15, 0.2) is 5.78 Å². The zero-order valence-electron chi connectivity index (χ0n) is 39.4. The van der Waals surface area contributed by atoms with Gasteiger partial charge in [-0.15, -0.1) is 0 Å². The summed E-state index contributed by atoms with van der Waals surface area (Å²) in [4.78, 5) is 27.0. The van der Waals surface area contributed by atoms with Crippen LogP contribution in [0.5, 0.6) is 0 Å². The summed E-state index contributed by atoms with van der Waals surface area (Å²) in [6.45, 7) is 14.9. The highest BCUT2D eigenvalue weighted by atomic mass is 16.9. The lowest BCUT2D eigenvalue weighted by atomic mass is 9.55. The van der Waals surface area contributed by atoms with E-state index in [1.54, 1.807) is 6.92 Å². The van der Waals surface area contributed by atoms with Gasteiger partial charge in [0.2, 0.25) is 0 Å². The maximum absolute atomic E-state index is 13.9. The van der Waals surface area contributed by atoms with Crippen molar-refractivity contribution in [2.75, 3.05) is 6.61 Å². The lowest BCUT2D eigenvalue weighted by molar-refractivity contribution is -0.398. The van der Waals surface area contributed by atoms with Crippen LogP contribution in [0.4, 0.5) is 0 Å². The Bertz CT molecular complexity index is 1540. The molecule has 8 atom stereocenters. The summed E-state index contributed by atoms with van der Waals surface area (Å²) in [7, 11) is 0. The van der Waals surface area contributed by atoms with E-state index in [0.29, 0.717) is 24.0 Å². The predicted octanol–water partition coefficient (Wildman–Crippen LogP) is 13.8. The van der Waals surface area contributed by atoms with Crippen LogP contribution in [0.15, 0.2) is 59.8 Å². The summed E-state index contributed by atoms with van der Waals surface area (Å²) in [6, 6.07) is 0. The second-order valence-electron chi connectivity index (χ2n) is 19.8. The third-order valence-electron chi connectivity index (χ3n) is 14.8. The van der Waals surface area contributed by atoms with Gasteiger partial charge < -0.3 is 24.1 Å². The molecule has 61 heavy (non-hydrogen) atoms. The van der Waals surface area contributed by atoms with Crippen LogP contribution >= 0.6 is 0 Å². The molecule has 2 saturated heterocycles. The molecule has 1 saturated carbocycles. The molecule has 0 aromatic carbocycles. The van der Waals surface area contributed by atoms with Crippen molar-refractivity contribution >= 4 is 11.8 Å². The number of carbonyl (C=O) groups excluding carboxylic acids is 2. The number of unbranched alkanes of at least 4 members (excludes halogenated alkanes) is 23. The van der Waals surface area contributed by atoms with Crippen LogP contribution in [0, 0.1) is 17.8 Å². The topological polar surface area (TPSA) is 91.3 Å². The zero-order valence-corrected chi connectivity index (χ0v) is 39.4. The molecular weight excluding hydrogens is 761 g/mol. The Kier molecular flexibility index (Phi) is 19.6. The summed E-state index contributed by atoms with van der Waals surface area (Å²) in [5, 5.41) is 12.5. The molecule has 1 N–H and O–H groups in total. The van der Waals surface area contributed by atoms with E-state index >= 15 is 0 Å². The highest BCUT2D eigenvalue weighted by molar-refractivity contribution is 6.04. The maximum atomic E-state index is 13.9. The molecule has 0 aromatic heterocycles. The molecule has 5 aliphatic rings. The summed E-state index contributed by atoms with van der Waals surface area (Å²) < 4.78 is 26.8. The Morgan fingerprint density at radius 3 is 1.90 bits per heavy atom. The third-order valence-corrected chi connectivity index (χ3v) is 14.8. The van der Waals surface area contributed by atoms with E-state index < -0.39 is 34.8 Å². The normalized spacial score (nSPS) is 31.4. The quantitative estimate of drug-likeness (QED) is 0.0321. The van der Waals surface area contributed by atoms with E-state index in [9.17, 15) is 14.7 Å². The lowest BCUT2D eigenvalue weighted by Crippen LogP contribution is -2.70. The van der Waals surface area contributed by atoms with Crippen LogP contribution in [-0.4, -0.2) is 52.3 Å². The number of hydrogen-bond acceptors (Lipinski definition) is 7. The number of rotatable bonds is 31. The Labute approximate surface area is 371 Å². The van der Waals surface area contributed by atoms with Crippen molar-refractivity contribution in [1.29, 1.82) is 0 Å². The lowest BCUT2D eigenvalue weighted by Gasteiger charge is -2.58. The molecule has 344 valence electrons. The van der Waals surface area contributed by atoms with E-state index in [1.165, 1.54) is 128 Å². The van der Waals surface area contributed by atoms with Gasteiger partial charge >= 0.3 is 11.9 Å². The van der Waals surface area contributed by atoms with Gasteiger partial charge in [-0.3, -0.25) is 9.59 Å². The average Bonchev–Trinajstić information content (AvgIpc) is 3.55. The van der Waals surface area contributed by atoms with Crippen molar-refractivity contribution < 1.29 is 33.6 Å². The van der Waals surface area contributed by atoms with Crippen LogP contribution in [0.2, 0.25) is 0 Å². The first-order valence-electron chi connectivity index (χ1n) is 25.4. The fraction of sp³-hybridized carbons (Fsp3) is 0.778. The van der Waals surface area contributed by atoms with Gasteiger partial charge in [-0.1, -0.05) is 199 Å². The smallest absolute Gasteiger partial charge is 0.306 e. The summed E-state index contributed by atoms with van der Waals surface area (Å²) >= 11 is 0. The fourth-order valence-corrected chi connectivity index (χ4v) is 11.4. The zero-order chi connectivity index (χ0) is 43.8. The van der Waals surface area contributed by atoms with E-state index in [1.807, 2.05) is 31.2 Å². The van der Waals surface area contributed by atoms with E-state index in [4.69, 9.17) is 18.9 Å². The molecule has 2 heterocycles. The Morgan fingerprint density at radius 2 is 1.34 bits per heavy atom. The maximum Gasteiger partial charge on any atom is 0.306 e. The standard InChI is InChI=1S/C54H86O7/c1-7-9-11-13-15-17-19-20-21-22-23-24-25-27-29-31-33-35-48(55)58-41-45-38-46-50-52(42(3)4)39-44(6)54(46,47-37-43(5)49(56)51(47,57)40-45)61-53(59-50,60-52)36-34-32-30-28-26-18-16-14-12-10-8-2/h30,32,34,36-38,44,46-47,50,57H,3,7-29,31,33,35,39-41H2,1-2,4-6H3/b32-30+,36-34+/t44-,46+,47-,50-,51-,52-,53-,54-/m1/s1. The summed E-state index contributed by atoms with van der Waals surface area (Å²) in [5.41, 5.74) is -1.47. The largest absolute Gasteiger partial charge is 0.461 e. The van der Waals surface area contributed by atoms with Gasteiger partial charge in [0.1, 0.15) is 23.9 Å². The van der Waals surface area contributed by atoms with Crippen molar-refractivity contribution in [3.63, 3.8) is 0 Å². The number of hydrogen-bond donors (Lipinski definition) is 1. The summed E-state index contributed by atoms with van der Waals surface area (Å²) in [5.74, 6) is -3.17. The first-order valence-corrected chi connectivity index (χ1v) is 25.4. The van der Waals surface area contributed by atoms with Gasteiger partial charge in [-0.2, -0.15) is 0 Å². The molecular formula is C54H86O7. The molecule has 0 aromatic rings. The second kappa shape index (κ2) is 24.1. The first-order chi connectivity index (χ1) is 29.5. The predicted molar refractivity (Wildman–Crippen MR) is 248 cm³/mol. The number of esters is 1. The van der Waals surface area contributed by atoms with Gasteiger partial charge in [0.05, 0.1) is 5.60 Å². The van der Waals surface area contributed by atoms with Crippen molar-refractivity contribution in [3.05, 3.63) is 59.8 Å². The van der Waals surface area contributed by atoms with E-state index in [2.05, 4.69) is 39.5 Å². The molecule has 5 rings (SSSR count). The number of ketones is 1. The highest BCUT2D eigenvalue weighted by Crippen LogP contribution is 2.68. The minimum Gasteiger partial charge on any atom is -0.461 e. The third kappa shape index (κ3) is 12.3. The van der Waals surface area contributed by atoms with Gasteiger partial charge in [-0.05, 0) is 62.2 Å². The highest BCUT2D eigenvalue weighted by Gasteiger charge is 2.78. The number of Topliss-reactive ketones (excluding diaryl/α,β-unsaturated/α-hetero) is 1. The van der Waals surface area contributed by atoms with Crippen LogP contribution in [0.25, 0.3) is 0 Å². The fourth-order valence-electron chi connectivity index (χ4n) is 11.4. The molecule has 0 amide bonds. The molecule has 7 nitrogen and oxygen atoms in total. The van der Waals surface area contributed by atoms with Crippen molar-refractivity contribution in [2.45, 2.75) is 243 Å². The van der Waals surface area contributed by atoms with Gasteiger partial charge in [0, 0.05) is 30.8 Å². The minimum absolute atomic E-state index is 0.0162.